The molecule has 1 aromatic heterocycles. The van der Waals surface area contributed by atoms with Crippen LogP contribution in [-0.4, -0.2) is 23.1 Å². The zero-order valence-electron chi connectivity index (χ0n) is 17.3. The first-order chi connectivity index (χ1) is 15.2. The minimum Gasteiger partial charge on any atom is -0.453 e. The molecule has 2 aromatic carbocycles. The van der Waals surface area contributed by atoms with Crippen LogP contribution < -0.4 is 10.3 Å². The lowest BCUT2D eigenvalue weighted by atomic mass is 10.0. The van der Waals surface area contributed by atoms with Gasteiger partial charge in [-0.3, -0.25) is 4.98 Å². The maximum absolute atomic E-state index is 6.37. The molecule has 31 heavy (non-hydrogen) atoms. The molecule has 0 bridgehead atoms. The summed E-state index contributed by atoms with van der Waals surface area (Å²) in [7, 11) is 0. The second-order valence-electron chi connectivity index (χ2n) is 7.29. The van der Waals surface area contributed by atoms with Crippen molar-refractivity contribution in [3.63, 3.8) is 0 Å². The highest BCUT2D eigenvalue weighted by molar-refractivity contribution is 9.10. The van der Waals surface area contributed by atoms with Gasteiger partial charge in [0.2, 0.25) is 0 Å². The van der Waals surface area contributed by atoms with Gasteiger partial charge in [-0.1, -0.05) is 22.0 Å². The van der Waals surface area contributed by atoms with Crippen LogP contribution in [0.5, 0.6) is 0 Å². The van der Waals surface area contributed by atoms with Gasteiger partial charge < -0.3 is 9.32 Å². The van der Waals surface area contributed by atoms with Gasteiger partial charge >= 0.3 is 0 Å². The molecule has 6 heteroatoms. The maximum atomic E-state index is 6.37. The van der Waals surface area contributed by atoms with Crippen molar-refractivity contribution in [3.05, 3.63) is 76.8 Å². The SMILES string of the molecule is CCN(CC)c1ccc2nc3c4ccc(Br)cc4/c(=N\c4ccncc4)cc-3oc2c1. The summed E-state index contributed by atoms with van der Waals surface area (Å²) in [6.45, 7) is 6.19. The molecule has 0 N–H and O–H groups in total. The number of pyridine rings is 1. The fourth-order valence-corrected chi connectivity index (χ4v) is 4.24. The van der Waals surface area contributed by atoms with E-state index in [-0.39, 0.29) is 0 Å². The Labute approximate surface area is 188 Å². The van der Waals surface area contributed by atoms with Gasteiger partial charge in [0.25, 0.3) is 0 Å². The second kappa shape index (κ2) is 8.12. The van der Waals surface area contributed by atoms with Crippen molar-refractivity contribution in [2.24, 2.45) is 4.99 Å². The number of nitrogens with zero attached hydrogens (tertiary/aromatic N) is 4. The first-order valence-electron chi connectivity index (χ1n) is 10.3. The number of benzene rings is 3. The number of hydrogen-bond donors (Lipinski definition) is 0. The molecule has 0 atom stereocenters. The van der Waals surface area contributed by atoms with Crippen LogP contribution in [0.1, 0.15) is 13.8 Å². The van der Waals surface area contributed by atoms with E-state index in [2.05, 4.69) is 63.9 Å². The summed E-state index contributed by atoms with van der Waals surface area (Å²) in [6.07, 6.45) is 3.48. The number of rotatable bonds is 4. The van der Waals surface area contributed by atoms with Gasteiger partial charge in [-0.2, -0.15) is 0 Å². The van der Waals surface area contributed by atoms with E-state index in [9.17, 15) is 0 Å². The molecule has 0 spiro atoms. The monoisotopic (exact) mass is 472 g/mol. The fourth-order valence-electron chi connectivity index (χ4n) is 3.88. The molecule has 5 nitrogen and oxygen atoms in total. The van der Waals surface area contributed by atoms with Gasteiger partial charge in [0.15, 0.2) is 11.3 Å². The molecule has 0 fully saturated rings. The highest BCUT2D eigenvalue weighted by Crippen LogP contribution is 2.33. The molecule has 0 saturated heterocycles. The Balaban J connectivity index is 1.82. The van der Waals surface area contributed by atoms with Crippen molar-refractivity contribution in [1.29, 1.82) is 0 Å². The molecule has 2 aliphatic rings. The first-order valence-corrected chi connectivity index (χ1v) is 11.1. The van der Waals surface area contributed by atoms with Crippen molar-refractivity contribution < 1.29 is 4.42 Å². The van der Waals surface area contributed by atoms with Crippen molar-refractivity contribution >= 4 is 49.2 Å². The quantitative estimate of drug-likeness (QED) is 0.226. The Hall–Kier alpha value is -3.25. The summed E-state index contributed by atoms with van der Waals surface area (Å²) in [6, 6.07) is 18.1. The van der Waals surface area contributed by atoms with Crippen LogP contribution in [0.15, 0.2) is 80.9 Å². The third kappa shape index (κ3) is 3.68. The van der Waals surface area contributed by atoms with Crippen molar-refractivity contribution in [2.75, 3.05) is 18.0 Å². The second-order valence-corrected chi connectivity index (χ2v) is 8.20. The summed E-state index contributed by atoms with van der Waals surface area (Å²) in [5, 5.41) is 2.85. The summed E-state index contributed by atoms with van der Waals surface area (Å²) >= 11 is 3.59. The molecule has 0 radical (unpaired) electrons. The Morgan fingerprint density at radius 1 is 0.935 bits per heavy atom. The minimum absolute atomic E-state index is 0.715. The van der Waals surface area contributed by atoms with E-state index in [4.69, 9.17) is 14.4 Å². The average Bonchev–Trinajstić information content (AvgIpc) is 2.79. The van der Waals surface area contributed by atoms with E-state index in [1.807, 2.05) is 30.3 Å². The molecule has 0 unspecified atom stereocenters. The normalized spacial score (nSPS) is 12.2. The van der Waals surface area contributed by atoms with Crippen molar-refractivity contribution in [3.8, 4) is 11.5 Å². The van der Waals surface area contributed by atoms with Crippen molar-refractivity contribution in [1.82, 2.24) is 9.97 Å². The Kier molecular flexibility index (Phi) is 5.16. The molecule has 1 aliphatic carbocycles. The molecule has 5 rings (SSSR count). The van der Waals surface area contributed by atoms with E-state index >= 15 is 0 Å². The molecular weight excluding hydrogens is 452 g/mol. The van der Waals surface area contributed by atoms with Crippen LogP contribution in [0.2, 0.25) is 0 Å². The predicted octanol–water partition coefficient (Wildman–Crippen LogP) is 6.32. The Morgan fingerprint density at radius 2 is 1.74 bits per heavy atom. The molecule has 0 saturated carbocycles. The summed E-state index contributed by atoms with van der Waals surface area (Å²) in [5.41, 5.74) is 4.41. The minimum atomic E-state index is 0.715. The van der Waals surface area contributed by atoms with E-state index in [0.717, 1.165) is 61.9 Å². The molecule has 0 amide bonds. The number of halogens is 1. The lowest BCUT2D eigenvalue weighted by Gasteiger charge is -2.21. The molecule has 3 aromatic rings. The third-order valence-electron chi connectivity index (χ3n) is 5.45. The van der Waals surface area contributed by atoms with Gasteiger partial charge in [0.1, 0.15) is 11.2 Å². The van der Waals surface area contributed by atoms with Gasteiger partial charge in [-0.25, -0.2) is 9.98 Å². The topological polar surface area (TPSA) is 54.5 Å². The van der Waals surface area contributed by atoms with Crippen LogP contribution in [0, 0.1) is 0 Å². The van der Waals surface area contributed by atoms with Crippen molar-refractivity contribution in [2.45, 2.75) is 13.8 Å². The van der Waals surface area contributed by atoms with Crippen LogP contribution in [0.25, 0.3) is 33.3 Å². The zero-order valence-corrected chi connectivity index (χ0v) is 18.9. The largest absolute Gasteiger partial charge is 0.453 e. The fraction of sp³-hybridized carbons (Fsp3) is 0.160. The number of hydrogen-bond acceptors (Lipinski definition) is 5. The third-order valence-corrected chi connectivity index (χ3v) is 5.94. The van der Waals surface area contributed by atoms with E-state index in [0.29, 0.717) is 5.76 Å². The van der Waals surface area contributed by atoms with Gasteiger partial charge in [-0.05, 0) is 50.2 Å². The van der Waals surface area contributed by atoms with Crippen LogP contribution in [-0.2, 0) is 0 Å². The lowest BCUT2D eigenvalue weighted by molar-refractivity contribution is 0.613. The predicted molar refractivity (Wildman–Crippen MR) is 129 cm³/mol. The molecule has 154 valence electrons. The number of aromatic nitrogens is 2. The summed E-state index contributed by atoms with van der Waals surface area (Å²) in [4.78, 5) is 16.2. The number of anilines is 1. The Morgan fingerprint density at radius 3 is 2.52 bits per heavy atom. The van der Waals surface area contributed by atoms with Gasteiger partial charge in [0.05, 0.1) is 11.0 Å². The maximum Gasteiger partial charge on any atom is 0.155 e. The highest BCUT2D eigenvalue weighted by Gasteiger charge is 2.16. The molecule has 1 aliphatic heterocycles. The van der Waals surface area contributed by atoms with E-state index < -0.39 is 0 Å². The summed E-state index contributed by atoms with van der Waals surface area (Å²) < 4.78 is 7.36. The van der Waals surface area contributed by atoms with Crippen LogP contribution in [0.3, 0.4) is 0 Å². The standard InChI is InChI=1S/C25H21BrN4O/c1-3-30(4-2)18-6-8-21-23(14-18)31-24-15-22(28-17-9-11-27-12-10-17)20-13-16(26)5-7-19(20)25(24)29-21/h5-15H,3-4H2,1-2H3/b28-22-. The Bertz CT molecular complexity index is 1420. The highest BCUT2D eigenvalue weighted by atomic mass is 79.9. The molecule has 2 heterocycles. The zero-order chi connectivity index (χ0) is 21.4. The van der Waals surface area contributed by atoms with Gasteiger partial charge in [-0.15, -0.1) is 0 Å². The van der Waals surface area contributed by atoms with Crippen LogP contribution >= 0.6 is 15.9 Å². The average molecular weight is 473 g/mol. The first kappa shape index (κ1) is 19.7. The smallest absolute Gasteiger partial charge is 0.155 e. The van der Waals surface area contributed by atoms with E-state index in [1.165, 1.54) is 0 Å². The van der Waals surface area contributed by atoms with Gasteiger partial charge in [0, 0.05) is 58.5 Å². The lowest BCUT2D eigenvalue weighted by Crippen LogP contribution is -2.21. The van der Waals surface area contributed by atoms with E-state index in [1.54, 1.807) is 12.4 Å². The van der Waals surface area contributed by atoms with Crippen LogP contribution in [0.4, 0.5) is 11.4 Å². The summed E-state index contributed by atoms with van der Waals surface area (Å²) in [5.74, 6) is 0.715. The molecular formula is C25H21BrN4O. The number of fused-ring (bicyclic) bond motifs is 4.